The van der Waals surface area contributed by atoms with Gasteiger partial charge >= 0.3 is 0 Å². The molecule has 0 spiro atoms. The lowest BCUT2D eigenvalue weighted by Gasteiger charge is -2.46. The van der Waals surface area contributed by atoms with Gasteiger partial charge < -0.3 is 22.1 Å². The number of fused-ring (bicyclic) bond motifs is 6. The predicted molar refractivity (Wildman–Crippen MR) is 489 cm³/mol. The third-order valence-electron chi connectivity index (χ3n) is 25.8. The molecule has 0 bridgehead atoms. The summed E-state index contributed by atoms with van der Waals surface area (Å²) in [6.07, 6.45) is 18.6. The molecule has 6 N–H and O–H groups in total. The van der Waals surface area contributed by atoms with Gasteiger partial charge in [0.25, 0.3) is 10.2 Å². The highest BCUT2D eigenvalue weighted by Crippen LogP contribution is 2.47. The van der Waals surface area contributed by atoms with Crippen LogP contribution in [0.4, 0.5) is 17.5 Å². The summed E-state index contributed by atoms with van der Waals surface area (Å²) < 4.78 is 59.6. The van der Waals surface area contributed by atoms with Gasteiger partial charge in [-0.3, -0.25) is 27.9 Å². The highest BCUT2D eigenvalue weighted by atomic mass is 32.2. The largest absolute Gasteiger partial charge is 0.382 e. The molecule has 3 aliphatic heterocycles. The van der Waals surface area contributed by atoms with Crippen LogP contribution in [0, 0.1) is 5.41 Å². The molecule has 630 valence electrons. The van der Waals surface area contributed by atoms with Crippen LogP contribution in [0.3, 0.4) is 0 Å². The van der Waals surface area contributed by atoms with E-state index in [-0.39, 0.29) is 5.92 Å². The van der Waals surface area contributed by atoms with E-state index in [4.69, 9.17) is 47.1 Å². The second kappa shape index (κ2) is 33.2. The summed E-state index contributed by atoms with van der Waals surface area (Å²) in [7, 11) is -3.33. The van der Waals surface area contributed by atoms with Crippen molar-refractivity contribution in [3.63, 3.8) is 0 Å². The molecular formula is C95H104N22O4S2. The molecule has 26 nitrogen and oxygen atoms in total. The summed E-state index contributed by atoms with van der Waals surface area (Å²) in [5, 5.41) is 3.23. The fraction of sp³-hybridized carbons (Fsp3) is 0.337. The highest BCUT2D eigenvalue weighted by Gasteiger charge is 2.43. The molecule has 6 aliphatic rings. The van der Waals surface area contributed by atoms with Gasteiger partial charge in [-0.2, -0.15) is 21.3 Å². The van der Waals surface area contributed by atoms with Gasteiger partial charge in [0.15, 0.2) is 0 Å². The van der Waals surface area contributed by atoms with Crippen LogP contribution in [0.2, 0.25) is 0 Å². The highest BCUT2D eigenvalue weighted by molar-refractivity contribution is 7.88. The fourth-order valence-electron chi connectivity index (χ4n) is 19.0. The van der Waals surface area contributed by atoms with E-state index in [9.17, 15) is 16.8 Å². The van der Waals surface area contributed by atoms with E-state index in [1.54, 1.807) is 41.3 Å². The molecule has 123 heavy (non-hydrogen) atoms. The summed E-state index contributed by atoms with van der Waals surface area (Å²) in [6, 6.07) is 63.6. The van der Waals surface area contributed by atoms with Crippen LogP contribution in [0.1, 0.15) is 94.5 Å². The Morgan fingerprint density at radius 1 is 0.374 bits per heavy atom. The summed E-state index contributed by atoms with van der Waals surface area (Å²) in [5.74, 6) is 5.49. The van der Waals surface area contributed by atoms with Gasteiger partial charge in [-0.15, -0.1) is 0 Å². The van der Waals surface area contributed by atoms with Crippen molar-refractivity contribution in [2.45, 2.75) is 95.2 Å². The number of nitrogen functional groups attached to an aromatic ring is 3. The lowest BCUT2D eigenvalue weighted by atomic mass is 9.78. The number of imidazole rings is 3. The normalized spacial score (nSPS) is 20.5. The zero-order valence-corrected chi connectivity index (χ0v) is 72.0. The van der Waals surface area contributed by atoms with Crippen molar-refractivity contribution in [3.8, 4) is 67.5 Å². The molecule has 15 aromatic rings. The van der Waals surface area contributed by atoms with E-state index in [1.165, 1.54) is 30.2 Å². The van der Waals surface area contributed by atoms with Gasteiger partial charge in [0, 0.05) is 222 Å². The Morgan fingerprint density at radius 3 is 0.976 bits per heavy atom. The zero-order valence-electron chi connectivity index (χ0n) is 70.4. The number of hydrogen-bond donors (Lipinski definition) is 3. The van der Waals surface area contributed by atoms with Crippen LogP contribution in [-0.2, 0) is 20.2 Å². The van der Waals surface area contributed by atoms with Gasteiger partial charge in [0.2, 0.25) is 10.0 Å². The number of pyridine rings is 3. The van der Waals surface area contributed by atoms with Crippen LogP contribution in [0.25, 0.3) is 117 Å². The van der Waals surface area contributed by atoms with E-state index in [1.807, 2.05) is 73.2 Å². The molecule has 6 fully saturated rings. The first kappa shape index (κ1) is 81.1. The average Bonchev–Trinajstić information content (AvgIpc) is 1.61. The van der Waals surface area contributed by atoms with Crippen LogP contribution < -0.4 is 17.2 Å². The van der Waals surface area contributed by atoms with Crippen LogP contribution in [0.15, 0.2) is 219 Å². The number of piperazine rings is 3. The Kier molecular flexibility index (Phi) is 21.9. The third-order valence-corrected chi connectivity index (χ3v) is 29.1. The molecule has 0 radical (unpaired) electrons. The number of nitrogens with two attached hydrogens (primary N) is 3. The van der Waals surface area contributed by atoms with E-state index < -0.39 is 20.2 Å². The van der Waals surface area contributed by atoms with Gasteiger partial charge in [0.1, 0.15) is 68.6 Å². The maximum Gasteiger partial charge on any atom is 0.281 e. The fourth-order valence-corrected chi connectivity index (χ4v) is 20.9. The second-order valence-corrected chi connectivity index (χ2v) is 39.3. The van der Waals surface area contributed by atoms with Crippen molar-refractivity contribution in [2.24, 2.45) is 5.41 Å². The number of nitrogens with zero attached hydrogens (tertiary/aromatic N) is 19. The summed E-state index contributed by atoms with van der Waals surface area (Å²) in [4.78, 5) is 53.9. The number of sulfonamides is 1. The minimum absolute atomic E-state index is 0.282. The van der Waals surface area contributed by atoms with Crippen molar-refractivity contribution in [1.82, 2.24) is 90.6 Å². The molecule has 0 atom stereocenters. The minimum atomic E-state index is -3.37. The quantitative estimate of drug-likeness (QED) is 0.0809. The van der Waals surface area contributed by atoms with Crippen molar-refractivity contribution >= 4 is 86.9 Å². The summed E-state index contributed by atoms with van der Waals surface area (Å²) in [5.41, 5.74) is 36.5. The lowest BCUT2D eigenvalue weighted by Crippen LogP contribution is -2.56. The van der Waals surface area contributed by atoms with Gasteiger partial charge in [-0.05, 0) is 80.3 Å². The summed E-state index contributed by atoms with van der Waals surface area (Å²) in [6.45, 7) is 18.0. The van der Waals surface area contributed by atoms with Gasteiger partial charge in [-0.1, -0.05) is 166 Å². The Morgan fingerprint density at radius 2 is 0.675 bits per heavy atom. The first-order chi connectivity index (χ1) is 59.5. The van der Waals surface area contributed by atoms with E-state index in [2.05, 4.69) is 196 Å². The predicted octanol–water partition coefficient (Wildman–Crippen LogP) is 14.0. The third kappa shape index (κ3) is 16.4. The first-order valence-corrected chi connectivity index (χ1v) is 46.1. The van der Waals surface area contributed by atoms with Crippen LogP contribution in [-0.4, -0.2) is 231 Å². The average molecular weight is 1680 g/mol. The zero-order chi connectivity index (χ0) is 84.6. The van der Waals surface area contributed by atoms with Gasteiger partial charge in [0.05, 0.1) is 39.9 Å². The first-order valence-electron chi connectivity index (χ1n) is 42.8. The number of anilines is 3. The molecule has 0 unspecified atom stereocenters. The maximum atomic E-state index is 12.5. The number of hydrogen-bond acceptors (Lipinski definition) is 20. The number of rotatable bonds is 16. The van der Waals surface area contributed by atoms with Crippen LogP contribution >= 0.6 is 0 Å². The van der Waals surface area contributed by atoms with Crippen molar-refractivity contribution in [2.75, 3.05) is 123 Å². The standard InChI is InChI=1S/C34H39N7.C31H34N8O2S.C30H31N7O2S/c1-34(2,3)22-39-15-17-40(18-16-39)27-19-26(20-27)33-38-30(31-32(35)36-13-14-41(31)33)25-10-9-24-11-12-28(37-29(24)21-25)23-7-5-4-6-8-23;1-36(2)42(40,41)38-16-14-37(15-17-38)25-18-24(19-25)31-35-28(29-30(32)33-12-13-39(29)31)23-9-8-22-10-11-26(34-27(22)20-23)21-6-4-3-5-7-21;1-40(38,39)36-15-13-35(14-16-36)24-17-23(18-24)30-34-27(28-29(31)32-11-12-37(28)30)22-8-7-21-9-10-25(33-26(21)19-22)20-5-3-2-4-6-20/h4-14,21,26-27H,15-20,22H2,1-3H3,(H2,35,36);3-13,20,24-25H,14-19H2,1-2H3,(H2,32,33);2-12,19,23-24H,13-18H2,1H3,(H2,31,32). The molecule has 28 heteroatoms. The smallest absolute Gasteiger partial charge is 0.281 e. The Bertz CT molecular complexity index is 6660. The lowest BCUT2D eigenvalue weighted by molar-refractivity contribution is 0.0386. The molecule has 3 saturated heterocycles. The Labute approximate surface area is 717 Å². The SMILES string of the molecule is CC(C)(C)CN1CCN(C2CC(c3nc(-c4ccc5ccc(-c6ccccc6)nc5c4)c4c(N)nccn34)C2)CC1.CN(C)S(=O)(=O)N1CCN(C2CC(c3nc(-c4ccc5ccc(-c6ccccc6)nc5c4)c4c(N)nccn34)C2)CC1.CS(=O)(=O)N1CCN(C2CC(c3nc(-c4ccc5ccc(-c6ccccc6)nc5c4)c4c(N)nccn34)C2)CC1. The minimum Gasteiger partial charge on any atom is -0.382 e. The summed E-state index contributed by atoms with van der Waals surface area (Å²) >= 11 is 0. The molecule has 9 aromatic heterocycles. The van der Waals surface area contributed by atoms with Crippen molar-refractivity contribution in [1.29, 1.82) is 0 Å². The van der Waals surface area contributed by atoms with Gasteiger partial charge in [-0.25, -0.2) is 53.3 Å². The molecule has 6 aromatic carbocycles. The Balaban J connectivity index is 0.000000121. The molecule has 3 saturated carbocycles. The van der Waals surface area contributed by atoms with Crippen LogP contribution in [0.5, 0.6) is 0 Å². The number of aromatic nitrogens is 12. The topological polar surface area (TPSA) is 298 Å². The molecular weight excluding hydrogens is 1580 g/mol. The van der Waals surface area contributed by atoms with Crippen molar-refractivity contribution in [3.05, 3.63) is 237 Å². The molecule has 3 aliphatic carbocycles. The monoisotopic (exact) mass is 1680 g/mol. The molecule has 12 heterocycles. The maximum absolute atomic E-state index is 12.5. The Hall–Kier alpha value is -11.6. The second-order valence-electron chi connectivity index (χ2n) is 35.2. The van der Waals surface area contributed by atoms with E-state index >= 15 is 0 Å². The number of benzene rings is 6. The van der Waals surface area contributed by atoms with Crippen molar-refractivity contribution < 1.29 is 16.8 Å². The van der Waals surface area contributed by atoms with E-state index in [0.717, 1.165) is 212 Å². The van der Waals surface area contributed by atoms with E-state index in [0.29, 0.717) is 79.0 Å². The molecule has 21 rings (SSSR count). The molecule has 0 amide bonds.